The summed E-state index contributed by atoms with van der Waals surface area (Å²) in [6, 6.07) is 13.9. The number of carboxylic acid groups (broad SMARTS) is 1. The Morgan fingerprint density at radius 2 is 1.88 bits per heavy atom. The maximum Gasteiger partial charge on any atom is 0.258 e. The van der Waals surface area contributed by atoms with Gasteiger partial charge in [0.05, 0.1) is 11.5 Å². The fraction of sp³-hybridized carbons (Fsp3) is 0.263. The van der Waals surface area contributed by atoms with Crippen LogP contribution in [0.15, 0.2) is 48.5 Å². The molecule has 0 spiro atoms. The number of amides is 1. The number of nitrogens with one attached hydrogen (secondary N) is 1. The van der Waals surface area contributed by atoms with Crippen LogP contribution in [-0.4, -0.2) is 22.8 Å². The summed E-state index contributed by atoms with van der Waals surface area (Å²) < 4.78 is 0. The molecule has 3 rings (SSSR count). The highest BCUT2D eigenvalue weighted by molar-refractivity contribution is 6.01. The van der Waals surface area contributed by atoms with E-state index in [1.807, 2.05) is 43.0 Å². The molecule has 0 saturated heterocycles. The van der Waals surface area contributed by atoms with Crippen LogP contribution in [0.4, 0.5) is 5.69 Å². The van der Waals surface area contributed by atoms with Gasteiger partial charge < -0.3 is 20.1 Å². The lowest BCUT2D eigenvalue weighted by atomic mass is 10.00. The number of nitrogens with zero attached hydrogens (tertiary/aromatic N) is 1. The largest absolute Gasteiger partial charge is 0.545 e. The van der Waals surface area contributed by atoms with E-state index in [1.54, 1.807) is 12.1 Å². The Hall–Kier alpha value is -2.82. The zero-order chi connectivity index (χ0) is 17.3. The molecule has 0 aromatic heterocycles. The van der Waals surface area contributed by atoms with Gasteiger partial charge in [-0.3, -0.25) is 4.79 Å². The number of hydrogen-bond donors (Lipinski definition) is 1. The summed E-state index contributed by atoms with van der Waals surface area (Å²) in [6.45, 7) is 4.05. The molecule has 1 amide bonds. The lowest BCUT2D eigenvalue weighted by molar-refractivity contribution is -0.255. The minimum absolute atomic E-state index is 0.0207. The summed E-state index contributed by atoms with van der Waals surface area (Å²) in [4.78, 5) is 25.7. The first-order valence-corrected chi connectivity index (χ1v) is 8.02. The van der Waals surface area contributed by atoms with E-state index in [9.17, 15) is 14.7 Å². The van der Waals surface area contributed by atoms with Crippen LogP contribution in [0.2, 0.25) is 0 Å². The third-order valence-electron chi connectivity index (χ3n) is 4.49. The summed E-state index contributed by atoms with van der Waals surface area (Å²) >= 11 is 0. The van der Waals surface area contributed by atoms with Gasteiger partial charge in [0.15, 0.2) is 0 Å². The number of rotatable bonds is 4. The van der Waals surface area contributed by atoms with Crippen LogP contribution in [0.1, 0.15) is 52.7 Å². The van der Waals surface area contributed by atoms with Crippen molar-refractivity contribution in [1.82, 2.24) is 4.90 Å². The molecule has 0 unspecified atom stereocenters. The summed E-state index contributed by atoms with van der Waals surface area (Å²) in [5.41, 5.74) is 2.40. The van der Waals surface area contributed by atoms with Crippen molar-refractivity contribution in [2.45, 2.75) is 32.5 Å². The first-order chi connectivity index (χ1) is 11.5. The van der Waals surface area contributed by atoms with E-state index in [-0.39, 0.29) is 23.7 Å². The smallest absolute Gasteiger partial charge is 0.258 e. The first kappa shape index (κ1) is 16.1. The van der Waals surface area contributed by atoms with E-state index in [2.05, 4.69) is 5.32 Å². The molecular weight excluding hydrogens is 304 g/mol. The molecule has 1 aliphatic rings. The topological polar surface area (TPSA) is 72.5 Å². The van der Waals surface area contributed by atoms with Crippen molar-refractivity contribution in [3.05, 3.63) is 65.2 Å². The van der Waals surface area contributed by atoms with Crippen LogP contribution in [0.25, 0.3) is 0 Å². The van der Waals surface area contributed by atoms with Gasteiger partial charge >= 0.3 is 0 Å². The number of anilines is 1. The van der Waals surface area contributed by atoms with Crippen LogP contribution in [-0.2, 0) is 0 Å². The number of para-hydroxylation sites is 1. The summed E-state index contributed by atoms with van der Waals surface area (Å²) in [6.07, 6.45) is 0.488. The quantitative estimate of drug-likeness (QED) is 0.938. The molecule has 124 valence electrons. The molecule has 2 aromatic rings. The third kappa shape index (κ3) is 2.73. The number of carbonyl (C=O) groups is 2. The Labute approximate surface area is 140 Å². The normalized spacial score (nSPS) is 17.8. The van der Waals surface area contributed by atoms with Gasteiger partial charge in [-0.05, 0) is 36.6 Å². The summed E-state index contributed by atoms with van der Waals surface area (Å²) in [5, 5.41) is 14.3. The number of hydrogen-bond acceptors (Lipinski definition) is 4. The molecule has 0 saturated carbocycles. The molecule has 0 fully saturated rings. The molecule has 24 heavy (non-hydrogen) atoms. The maximum atomic E-state index is 13.0. The van der Waals surface area contributed by atoms with E-state index < -0.39 is 5.97 Å². The molecule has 1 N–H and O–H groups in total. The third-order valence-corrected chi connectivity index (χ3v) is 4.49. The molecule has 0 bridgehead atoms. The fourth-order valence-electron chi connectivity index (χ4n) is 2.97. The maximum absolute atomic E-state index is 13.0. The Balaban J connectivity index is 2.03. The molecule has 0 radical (unpaired) electrons. The van der Waals surface area contributed by atoms with Crippen LogP contribution < -0.4 is 10.4 Å². The fourth-order valence-corrected chi connectivity index (χ4v) is 2.97. The molecule has 2 atom stereocenters. The lowest BCUT2D eigenvalue weighted by Gasteiger charge is -2.41. The van der Waals surface area contributed by atoms with Crippen LogP contribution in [0.3, 0.4) is 0 Å². The van der Waals surface area contributed by atoms with Gasteiger partial charge in [0, 0.05) is 11.7 Å². The Kier molecular flexibility index (Phi) is 4.25. The average Bonchev–Trinajstić information content (AvgIpc) is 2.61. The molecule has 5 nitrogen and oxygen atoms in total. The van der Waals surface area contributed by atoms with E-state index in [4.69, 9.17) is 0 Å². The second-order valence-electron chi connectivity index (χ2n) is 5.97. The lowest BCUT2D eigenvalue weighted by Crippen LogP contribution is -2.47. The van der Waals surface area contributed by atoms with Crippen molar-refractivity contribution >= 4 is 17.6 Å². The van der Waals surface area contributed by atoms with Crippen molar-refractivity contribution in [3.63, 3.8) is 0 Å². The molecule has 2 aromatic carbocycles. The van der Waals surface area contributed by atoms with Gasteiger partial charge in [0.25, 0.3) is 5.91 Å². The standard InChI is InChI=1S/C19H20N2O3/c1-3-12(2)21-17(13-8-10-14(11-9-13)19(23)24)20-16-7-5-4-6-15(16)18(21)22/h4-12,17,20H,3H2,1-2H3,(H,23,24)/p-1/t12-,17+/m0/s1. The minimum Gasteiger partial charge on any atom is -0.545 e. The zero-order valence-electron chi connectivity index (χ0n) is 13.7. The van der Waals surface area contributed by atoms with Gasteiger partial charge in [-0.25, -0.2) is 0 Å². The molecule has 1 aliphatic heterocycles. The minimum atomic E-state index is -1.21. The van der Waals surface area contributed by atoms with Gasteiger partial charge in [-0.15, -0.1) is 0 Å². The number of carboxylic acids is 1. The van der Waals surface area contributed by atoms with Gasteiger partial charge in [-0.1, -0.05) is 43.3 Å². The second-order valence-corrected chi connectivity index (χ2v) is 5.97. The Bertz CT molecular complexity index is 770. The summed E-state index contributed by atoms with van der Waals surface area (Å²) in [7, 11) is 0. The van der Waals surface area contributed by atoms with Gasteiger partial charge in [-0.2, -0.15) is 0 Å². The number of fused-ring (bicyclic) bond motifs is 1. The Morgan fingerprint density at radius 1 is 1.21 bits per heavy atom. The predicted molar refractivity (Wildman–Crippen MR) is 89.5 cm³/mol. The second kappa shape index (κ2) is 6.35. The molecule has 0 aliphatic carbocycles. The Morgan fingerprint density at radius 3 is 2.50 bits per heavy atom. The van der Waals surface area contributed by atoms with E-state index in [0.717, 1.165) is 17.7 Å². The van der Waals surface area contributed by atoms with Crippen LogP contribution in [0.5, 0.6) is 0 Å². The van der Waals surface area contributed by atoms with Gasteiger partial charge in [0.2, 0.25) is 0 Å². The number of benzene rings is 2. The SMILES string of the molecule is CC[C@H](C)N1C(=O)c2ccccc2N[C@H]1c1ccc(C(=O)[O-])cc1. The highest BCUT2D eigenvalue weighted by Crippen LogP contribution is 2.34. The average molecular weight is 323 g/mol. The highest BCUT2D eigenvalue weighted by Gasteiger charge is 2.35. The van der Waals surface area contributed by atoms with Crippen LogP contribution >= 0.6 is 0 Å². The van der Waals surface area contributed by atoms with Crippen LogP contribution in [0, 0.1) is 0 Å². The number of carbonyl (C=O) groups excluding carboxylic acids is 2. The van der Waals surface area contributed by atoms with E-state index in [0.29, 0.717) is 5.56 Å². The van der Waals surface area contributed by atoms with Crippen molar-refractivity contribution in [3.8, 4) is 0 Å². The monoisotopic (exact) mass is 323 g/mol. The van der Waals surface area contributed by atoms with Crippen molar-refractivity contribution in [2.24, 2.45) is 0 Å². The van der Waals surface area contributed by atoms with E-state index >= 15 is 0 Å². The molecule has 5 heteroatoms. The van der Waals surface area contributed by atoms with Crippen molar-refractivity contribution in [2.75, 3.05) is 5.32 Å². The van der Waals surface area contributed by atoms with Gasteiger partial charge in [0.1, 0.15) is 6.17 Å². The number of aromatic carboxylic acids is 1. The highest BCUT2D eigenvalue weighted by atomic mass is 16.4. The van der Waals surface area contributed by atoms with Crippen molar-refractivity contribution in [1.29, 1.82) is 0 Å². The predicted octanol–water partition coefficient (Wildman–Crippen LogP) is 2.42. The summed E-state index contributed by atoms with van der Waals surface area (Å²) in [5.74, 6) is -1.23. The van der Waals surface area contributed by atoms with Crippen molar-refractivity contribution < 1.29 is 14.7 Å². The van der Waals surface area contributed by atoms with E-state index in [1.165, 1.54) is 12.1 Å². The molecular formula is C19H19N2O3-. The molecule has 1 heterocycles. The zero-order valence-corrected chi connectivity index (χ0v) is 13.7. The first-order valence-electron chi connectivity index (χ1n) is 8.02.